The van der Waals surface area contributed by atoms with Gasteiger partial charge in [-0.25, -0.2) is 0 Å². The zero-order valence-electron chi connectivity index (χ0n) is 11.1. The Balaban J connectivity index is 1.77. The van der Waals surface area contributed by atoms with E-state index in [1.54, 1.807) is 0 Å². The third kappa shape index (κ3) is 2.56. The Kier molecular flexibility index (Phi) is 3.48. The van der Waals surface area contributed by atoms with E-state index < -0.39 is 5.54 Å². The number of hydrogen-bond donors (Lipinski definition) is 1. The van der Waals surface area contributed by atoms with Crippen molar-refractivity contribution in [1.29, 1.82) is 5.26 Å². The van der Waals surface area contributed by atoms with Crippen molar-refractivity contribution in [2.45, 2.75) is 24.9 Å². The summed E-state index contributed by atoms with van der Waals surface area (Å²) >= 11 is 6.03. The third-order valence-electron chi connectivity index (χ3n) is 3.84. The first-order valence-electron chi connectivity index (χ1n) is 6.68. The molecule has 0 heterocycles. The minimum Gasteiger partial charge on any atom is -0.295 e. The second-order valence-electron chi connectivity index (χ2n) is 5.30. The Morgan fingerprint density at radius 3 is 2.60 bits per heavy atom. The van der Waals surface area contributed by atoms with Crippen LogP contribution in [0.1, 0.15) is 16.7 Å². The monoisotopic (exact) mass is 282 g/mol. The summed E-state index contributed by atoms with van der Waals surface area (Å²) in [7, 11) is 0. The highest BCUT2D eigenvalue weighted by Gasteiger charge is 2.37. The molecule has 2 nitrogen and oxygen atoms in total. The fraction of sp³-hybridized carbons (Fsp3) is 0.235. The van der Waals surface area contributed by atoms with E-state index in [4.69, 9.17) is 11.6 Å². The summed E-state index contributed by atoms with van der Waals surface area (Å²) in [6, 6.07) is 18.5. The molecule has 3 rings (SSSR count). The van der Waals surface area contributed by atoms with Gasteiger partial charge in [0.05, 0.1) is 6.07 Å². The van der Waals surface area contributed by atoms with Crippen LogP contribution < -0.4 is 5.32 Å². The maximum atomic E-state index is 9.59. The summed E-state index contributed by atoms with van der Waals surface area (Å²) in [5, 5.41) is 13.8. The molecule has 0 aliphatic heterocycles. The minimum absolute atomic E-state index is 0.511. The zero-order chi connectivity index (χ0) is 14.0. The molecule has 0 amide bonds. The smallest absolute Gasteiger partial charge is 0.115 e. The molecule has 1 atom stereocenters. The van der Waals surface area contributed by atoms with E-state index in [0.717, 1.165) is 11.4 Å². The lowest BCUT2D eigenvalue weighted by molar-refractivity contribution is 0.429. The van der Waals surface area contributed by atoms with Gasteiger partial charge in [0, 0.05) is 24.4 Å². The van der Waals surface area contributed by atoms with Gasteiger partial charge in [-0.15, -0.1) is 0 Å². The molecule has 0 saturated heterocycles. The minimum atomic E-state index is -0.511. The summed E-state index contributed by atoms with van der Waals surface area (Å²) in [6.07, 6.45) is 1.45. The van der Waals surface area contributed by atoms with E-state index in [1.807, 2.05) is 36.4 Å². The van der Waals surface area contributed by atoms with Crippen LogP contribution in [0.5, 0.6) is 0 Å². The summed E-state index contributed by atoms with van der Waals surface area (Å²) in [4.78, 5) is 0. The molecular formula is C17H15ClN2. The average Bonchev–Trinajstić information content (AvgIpc) is 2.85. The first-order chi connectivity index (χ1) is 9.71. The lowest BCUT2D eigenvalue weighted by Crippen LogP contribution is -2.44. The lowest BCUT2D eigenvalue weighted by atomic mass is 9.97. The number of nitrogens with zero attached hydrogens (tertiary/aromatic N) is 1. The summed E-state index contributed by atoms with van der Waals surface area (Å²) in [5.41, 5.74) is 3.08. The maximum absolute atomic E-state index is 9.59. The number of hydrogen-bond acceptors (Lipinski definition) is 2. The van der Waals surface area contributed by atoms with Gasteiger partial charge in [0.15, 0.2) is 0 Å². The number of rotatable bonds is 3. The van der Waals surface area contributed by atoms with Crippen molar-refractivity contribution in [1.82, 2.24) is 5.32 Å². The highest BCUT2D eigenvalue weighted by Crippen LogP contribution is 2.31. The van der Waals surface area contributed by atoms with Crippen molar-refractivity contribution in [3.05, 3.63) is 70.2 Å². The SMILES string of the molecule is N#CC1(NCc2ccccc2)Cc2ccc(Cl)cc2C1. The molecule has 1 aliphatic carbocycles. The standard InChI is InChI=1S/C17H15ClN2/c18-16-7-6-14-9-17(12-19,10-15(14)8-16)20-11-13-4-2-1-3-5-13/h1-8,20H,9-11H2. The van der Waals surface area contributed by atoms with Crippen LogP contribution in [0.4, 0.5) is 0 Å². The molecule has 3 heteroatoms. The molecule has 1 aliphatic rings. The van der Waals surface area contributed by atoms with Crippen LogP contribution in [0.25, 0.3) is 0 Å². The van der Waals surface area contributed by atoms with Crippen molar-refractivity contribution >= 4 is 11.6 Å². The molecule has 0 spiro atoms. The number of benzene rings is 2. The van der Waals surface area contributed by atoms with E-state index in [2.05, 4.69) is 23.5 Å². The third-order valence-corrected chi connectivity index (χ3v) is 4.08. The molecule has 0 bridgehead atoms. The summed E-state index contributed by atoms with van der Waals surface area (Å²) in [6.45, 7) is 0.704. The first kappa shape index (κ1) is 13.2. The van der Waals surface area contributed by atoms with Crippen molar-refractivity contribution in [3.8, 4) is 6.07 Å². The van der Waals surface area contributed by atoms with Gasteiger partial charge >= 0.3 is 0 Å². The number of fused-ring (bicyclic) bond motifs is 1. The average molecular weight is 283 g/mol. The van der Waals surface area contributed by atoms with Crippen LogP contribution in [0, 0.1) is 11.3 Å². The van der Waals surface area contributed by atoms with Gasteiger partial charge in [-0.05, 0) is 28.8 Å². The summed E-state index contributed by atoms with van der Waals surface area (Å²) in [5.74, 6) is 0. The van der Waals surface area contributed by atoms with E-state index in [9.17, 15) is 5.26 Å². The van der Waals surface area contributed by atoms with Gasteiger partial charge in [0.2, 0.25) is 0 Å². The second kappa shape index (κ2) is 5.28. The molecule has 1 unspecified atom stereocenters. The van der Waals surface area contributed by atoms with Crippen molar-refractivity contribution in [2.75, 3.05) is 0 Å². The predicted molar refractivity (Wildman–Crippen MR) is 80.5 cm³/mol. The zero-order valence-corrected chi connectivity index (χ0v) is 11.8. The fourth-order valence-corrected chi connectivity index (χ4v) is 2.95. The second-order valence-corrected chi connectivity index (χ2v) is 5.74. The molecule has 0 aromatic heterocycles. The highest BCUT2D eigenvalue weighted by atomic mass is 35.5. The highest BCUT2D eigenvalue weighted by molar-refractivity contribution is 6.30. The number of nitrogens with one attached hydrogen (secondary N) is 1. The quantitative estimate of drug-likeness (QED) is 0.935. The number of nitriles is 1. The van der Waals surface area contributed by atoms with Gasteiger partial charge in [-0.1, -0.05) is 48.0 Å². The van der Waals surface area contributed by atoms with Gasteiger partial charge in [-0.2, -0.15) is 5.26 Å². The Morgan fingerprint density at radius 2 is 1.85 bits per heavy atom. The normalized spacial score (nSPS) is 20.4. The van der Waals surface area contributed by atoms with E-state index in [1.165, 1.54) is 16.7 Å². The molecule has 2 aromatic rings. The largest absolute Gasteiger partial charge is 0.295 e. The van der Waals surface area contributed by atoms with Crippen LogP contribution in [-0.2, 0) is 19.4 Å². The fourth-order valence-electron chi connectivity index (χ4n) is 2.75. The molecule has 0 fully saturated rings. The molecule has 0 saturated carbocycles. The van der Waals surface area contributed by atoms with Crippen LogP contribution in [0.15, 0.2) is 48.5 Å². The molecule has 0 radical (unpaired) electrons. The van der Waals surface area contributed by atoms with Crippen LogP contribution in [0.3, 0.4) is 0 Å². The Bertz CT molecular complexity index is 660. The lowest BCUT2D eigenvalue weighted by Gasteiger charge is -2.22. The van der Waals surface area contributed by atoms with E-state index in [0.29, 0.717) is 13.0 Å². The molecule has 1 N–H and O–H groups in total. The van der Waals surface area contributed by atoms with Crippen molar-refractivity contribution < 1.29 is 0 Å². The van der Waals surface area contributed by atoms with Crippen LogP contribution >= 0.6 is 11.6 Å². The van der Waals surface area contributed by atoms with Crippen LogP contribution in [0.2, 0.25) is 5.02 Å². The molecule has 20 heavy (non-hydrogen) atoms. The van der Waals surface area contributed by atoms with Crippen molar-refractivity contribution in [3.63, 3.8) is 0 Å². The van der Waals surface area contributed by atoms with Gasteiger partial charge in [-0.3, -0.25) is 5.32 Å². The Hall–Kier alpha value is -1.82. The Morgan fingerprint density at radius 1 is 1.10 bits per heavy atom. The van der Waals surface area contributed by atoms with Gasteiger partial charge in [0.25, 0.3) is 0 Å². The van der Waals surface area contributed by atoms with E-state index >= 15 is 0 Å². The molecule has 100 valence electrons. The maximum Gasteiger partial charge on any atom is 0.115 e. The topological polar surface area (TPSA) is 35.8 Å². The molecule has 2 aromatic carbocycles. The van der Waals surface area contributed by atoms with Gasteiger partial charge in [0.1, 0.15) is 5.54 Å². The van der Waals surface area contributed by atoms with E-state index in [-0.39, 0.29) is 0 Å². The van der Waals surface area contributed by atoms with Gasteiger partial charge < -0.3 is 0 Å². The first-order valence-corrected chi connectivity index (χ1v) is 7.06. The Labute approximate surface area is 124 Å². The van der Waals surface area contributed by atoms with Crippen LogP contribution in [-0.4, -0.2) is 5.54 Å². The molecular weight excluding hydrogens is 268 g/mol. The predicted octanol–water partition coefficient (Wildman–Crippen LogP) is 3.49. The van der Waals surface area contributed by atoms with Crippen molar-refractivity contribution in [2.24, 2.45) is 0 Å². The number of halogens is 1. The summed E-state index contributed by atoms with van der Waals surface area (Å²) < 4.78 is 0.